The van der Waals surface area contributed by atoms with E-state index in [9.17, 15) is 4.79 Å². The van der Waals surface area contributed by atoms with Crippen molar-refractivity contribution < 1.29 is 9.53 Å². The molecule has 1 rings (SSSR count). The van der Waals surface area contributed by atoms with Crippen molar-refractivity contribution in [1.29, 1.82) is 0 Å². The van der Waals surface area contributed by atoms with Crippen molar-refractivity contribution in [1.82, 2.24) is 0 Å². The molecule has 0 spiro atoms. The third-order valence-electron chi connectivity index (χ3n) is 1.46. The normalized spacial score (nSPS) is 12.2. The van der Waals surface area contributed by atoms with Crippen LogP contribution in [0.5, 0.6) is 5.75 Å². The number of carbonyl (C=O) groups is 1. The molecule has 0 aliphatic heterocycles. The van der Waals surface area contributed by atoms with Crippen LogP contribution >= 0.6 is 0 Å². The summed E-state index contributed by atoms with van der Waals surface area (Å²) < 4.78 is 4.99. The van der Waals surface area contributed by atoms with Gasteiger partial charge in [0.1, 0.15) is 0 Å². The summed E-state index contributed by atoms with van der Waals surface area (Å²) in [5.41, 5.74) is 5.47. The Hall–Kier alpha value is -0.831. The molecule has 0 unspecified atom stereocenters. The monoisotopic (exact) mass is 245 g/mol. The number of carbonyl (C=O) groups excluding carboxylic acids is 1. The van der Waals surface area contributed by atoms with E-state index >= 15 is 0 Å². The van der Waals surface area contributed by atoms with Crippen molar-refractivity contribution in [3.63, 3.8) is 0 Å². The van der Waals surface area contributed by atoms with Gasteiger partial charge in [0.2, 0.25) is 0 Å². The first-order valence-electron chi connectivity index (χ1n) is 3.87. The zero-order valence-corrected chi connectivity index (χ0v) is 8.89. The number of hydrogen-bond donors (Lipinski definition) is 1. The van der Waals surface area contributed by atoms with Gasteiger partial charge >= 0.3 is 84.7 Å². The van der Waals surface area contributed by atoms with Gasteiger partial charge in [0.05, 0.1) is 0 Å². The molecule has 0 aliphatic rings. The van der Waals surface area contributed by atoms with Crippen molar-refractivity contribution in [3.05, 3.63) is 30.3 Å². The molecule has 0 amide bonds. The molecular weight excluding hydrogens is 233 g/mol. The summed E-state index contributed by atoms with van der Waals surface area (Å²) in [4.78, 5) is 11.2. The minimum atomic E-state index is -0.555. The predicted octanol–water partition coefficient (Wildman–Crippen LogP) is 0.238. The van der Waals surface area contributed by atoms with E-state index in [0.29, 0.717) is 11.1 Å². The molecule has 1 aromatic rings. The molecule has 0 saturated carbocycles. The van der Waals surface area contributed by atoms with Crippen molar-refractivity contribution in [2.45, 2.75) is 11.4 Å². The third kappa shape index (κ3) is 3.19. The number of esters is 1. The molecule has 0 radical (unpaired) electrons. The Balaban J connectivity index is 2.55. The summed E-state index contributed by atoms with van der Waals surface area (Å²) in [6.07, 6.45) is 0. The van der Waals surface area contributed by atoms with E-state index in [0.717, 1.165) is 0 Å². The number of benzene rings is 1. The van der Waals surface area contributed by atoms with E-state index in [2.05, 4.69) is 16.0 Å². The van der Waals surface area contributed by atoms with Crippen LogP contribution in [0.2, 0.25) is 5.32 Å². The Labute approximate surface area is 85.1 Å². The van der Waals surface area contributed by atoms with E-state index in [-0.39, 0.29) is 0 Å². The van der Waals surface area contributed by atoms with Gasteiger partial charge in [0, 0.05) is 0 Å². The van der Waals surface area contributed by atoms with Crippen LogP contribution in [-0.4, -0.2) is 28.0 Å². The van der Waals surface area contributed by atoms with Crippen LogP contribution in [0.3, 0.4) is 0 Å². The molecule has 0 heterocycles. The number of hydrogen-bond acceptors (Lipinski definition) is 3. The zero-order chi connectivity index (χ0) is 9.68. The summed E-state index contributed by atoms with van der Waals surface area (Å²) in [5.74, 6) is 0.135. The number of rotatable bonds is 3. The van der Waals surface area contributed by atoms with Gasteiger partial charge < -0.3 is 0 Å². The Morgan fingerprint density at radius 2 is 2.08 bits per heavy atom. The van der Waals surface area contributed by atoms with Crippen LogP contribution in [0.1, 0.15) is 0 Å². The van der Waals surface area contributed by atoms with Crippen molar-refractivity contribution in [3.8, 4) is 5.75 Å². The fourth-order valence-corrected chi connectivity index (χ4v) is 1.07. The molecule has 13 heavy (non-hydrogen) atoms. The molecule has 0 fully saturated rings. The second kappa shape index (κ2) is 5.02. The average Bonchev–Trinajstić information content (AvgIpc) is 2.18. The minimum absolute atomic E-state index is 0.396. The molecule has 4 heteroatoms. The van der Waals surface area contributed by atoms with Crippen LogP contribution in [0.15, 0.2) is 30.3 Å². The first-order chi connectivity index (χ1) is 6.24. The van der Waals surface area contributed by atoms with Gasteiger partial charge in [-0.1, -0.05) is 0 Å². The molecule has 0 saturated heterocycles. The van der Waals surface area contributed by atoms with Gasteiger partial charge in [-0.25, -0.2) is 0 Å². The summed E-state index contributed by atoms with van der Waals surface area (Å²) >= 11 is 2.26. The SMILES string of the molecule is N[C@@H](C[SeH])C(=O)Oc1ccccc1. The Kier molecular flexibility index (Phi) is 3.96. The molecule has 0 aliphatic carbocycles. The van der Waals surface area contributed by atoms with Gasteiger partial charge in [-0.05, 0) is 0 Å². The molecule has 3 nitrogen and oxygen atoms in total. The third-order valence-corrected chi connectivity index (χ3v) is 2.29. The number of nitrogens with two attached hydrogens (primary N) is 1. The van der Waals surface area contributed by atoms with E-state index < -0.39 is 12.0 Å². The van der Waals surface area contributed by atoms with E-state index in [1.54, 1.807) is 24.3 Å². The summed E-state index contributed by atoms with van der Waals surface area (Å²) in [6.45, 7) is 0. The molecule has 0 bridgehead atoms. The molecule has 70 valence electrons. The van der Waals surface area contributed by atoms with Crippen molar-refractivity contribution in [2.24, 2.45) is 5.73 Å². The molecule has 1 atom stereocenters. The maximum absolute atomic E-state index is 11.2. The average molecular weight is 244 g/mol. The summed E-state index contributed by atoms with van der Waals surface area (Å²) in [5, 5.41) is 0.526. The van der Waals surface area contributed by atoms with Crippen LogP contribution in [0, 0.1) is 0 Å². The standard InChI is InChI=1S/C9H11NO2Se/c10-8(6-13)9(11)12-7-4-2-1-3-5-7/h1-5,8,13H,6,10H2/t8-/m0/s1. The second-order valence-corrected chi connectivity index (χ2v) is 3.29. The van der Waals surface area contributed by atoms with Crippen molar-refractivity contribution >= 4 is 22.0 Å². The number of ether oxygens (including phenoxy) is 1. The predicted molar refractivity (Wildman–Crippen MR) is 52.0 cm³/mol. The quantitative estimate of drug-likeness (QED) is 0.470. The van der Waals surface area contributed by atoms with Crippen LogP contribution < -0.4 is 10.5 Å². The van der Waals surface area contributed by atoms with E-state index in [1.807, 2.05) is 6.07 Å². The fraction of sp³-hybridized carbons (Fsp3) is 0.222. The van der Waals surface area contributed by atoms with Crippen LogP contribution in [0.4, 0.5) is 0 Å². The Morgan fingerprint density at radius 1 is 1.46 bits per heavy atom. The van der Waals surface area contributed by atoms with Gasteiger partial charge in [-0.3, -0.25) is 0 Å². The van der Waals surface area contributed by atoms with Crippen molar-refractivity contribution in [2.75, 3.05) is 0 Å². The molecule has 1 aromatic carbocycles. The Morgan fingerprint density at radius 3 is 2.62 bits per heavy atom. The zero-order valence-electron chi connectivity index (χ0n) is 7.01. The van der Waals surface area contributed by atoms with Gasteiger partial charge in [0.15, 0.2) is 0 Å². The molecule has 0 aromatic heterocycles. The first kappa shape index (κ1) is 10.3. The maximum atomic E-state index is 11.2. The van der Waals surface area contributed by atoms with E-state index in [4.69, 9.17) is 10.5 Å². The Bertz CT molecular complexity index is 276. The van der Waals surface area contributed by atoms with Gasteiger partial charge in [-0.2, -0.15) is 0 Å². The summed E-state index contributed by atoms with van der Waals surface area (Å²) in [6, 6.07) is 8.34. The topological polar surface area (TPSA) is 52.3 Å². The van der Waals surface area contributed by atoms with Crippen LogP contribution in [-0.2, 0) is 4.79 Å². The van der Waals surface area contributed by atoms with Gasteiger partial charge in [-0.15, -0.1) is 0 Å². The second-order valence-electron chi connectivity index (χ2n) is 2.52. The molecular formula is C9H11NO2Se. The van der Waals surface area contributed by atoms with E-state index in [1.165, 1.54) is 0 Å². The van der Waals surface area contributed by atoms with Crippen LogP contribution in [0.25, 0.3) is 0 Å². The first-order valence-corrected chi connectivity index (χ1v) is 5.20. The summed E-state index contributed by atoms with van der Waals surface area (Å²) in [7, 11) is 0. The number of para-hydroxylation sites is 1. The fourth-order valence-electron chi connectivity index (χ4n) is 0.755. The van der Waals surface area contributed by atoms with Gasteiger partial charge in [0.25, 0.3) is 0 Å². The molecule has 2 N–H and O–H groups in total.